The van der Waals surface area contributed by atoms with Crippen LogP contribution in [0.1, 0.15) is 39.9 Å². The Balaban J connectivity index is 1.34. The molecule has 0 bridgehead atoms. The smallest absolute Gasteiger partial charge is 0.255 e. The van der Waals surface area contributed by atoms with Crippen molar-refractivity contribution in [2.24, 2.45) is 0 Å². The topological polar surface area (TPSA) is 98.8 Å². The van der Waals surface area contributed by atoms with Gasteiger partial charge < -0.3 is 15.5 Å². The van der Waals surface area contributed by atoms with Crippen LogP contribution in [0, 0.1) is 6.92 Å². The molecule has 172 valence electrons. The number of piperidine rings is 1. The lowest BCUT2D eigenvalue weighted by molar-refractivity contribution is -0.150. The van der Waals surface area contributed by atoms with E-state index in [9.17, 15) is 19.2 Å². The second-order valence-electron chi connectivity index (χ2n) is 8.36. The highest BCUT2D eigenvalue weighted by molar-refractivity contribution is 6.31. The van der Waals surface area contributed by atoms with Crippen molar-refractivity contribution in [3.05, 3.63) is 63.7 Å². The van der Waals surface area contributed by atoms with Crippen molar-refractivity contribution in [3.8, 4) is 0 Å². The van der Waals surface area contributed by atoms with Crippen LogP contribution in [0.2, 0.25) is 5.02 Å². The number of likely N-dealkylation sites (tertiary alicyclic amines) is 1. The van der Waals surface area contributed by atoms with E-state index >= 15 is 0 Å². The van der Waals surface area contributed by atoms with Crippen LogP contribution in [0.15, 0.2) is 36.4 Å². The summed E-state index contributed by atoms with van der Waals surface area (Å²) in [6.07, 6.45) is 0.580. The summed E-state index contributed by atoms with van der Waals surface area (Å²) in [5.74, 6) is -0.950. The molecule has 2 heterocycles. The van der Waals surface area contributed by atoms with Crippen molar-refractivity contribution in [2.75, 3.05) is 18.9 Å². The lowest BCUT2D eigenvalue weighted by atomic mass is 10.0. The average molecular weight is 469 g/mol. The Morgan fingerprint density at radius 3 is 2.70 bits per heavy atom. The van der Waals surface area contributed by atoms with Crippen molar-refractivity contribution in [1.29, 1.82) is 0 Å². The number of hydrogen-bond acceptors (Lipinski definition) is 5. The number of amides is 4. The van der Waals surface area contributed by atoms with E-state index in [1.54, 1.807) is 18.2 Å². The van der Waals surface area contributed by atoms with E-state index in [1.165, 1.54) is 11.9 Å². The van der Waals surface area contributed by atoms with Gasteiger partial charge in [0.1, 0.15) is 6.04 Å². The molecule has 8 nitrogen and oxygen atoms in total. The third-order valence-corrected chi connectivity index (χ3v) is 6.52. The normalized spacial score (nSPS) is 17.9. The number of anilines is 1. The molecule has 2 aromatic carbocycles. The summed E-state index contributed by atoms with van der Waals surface area (Å²) in [5, 5.41) is 6.53. The van der Waals surface area contributed by atoms with Gasteiger partial charge in [-0.15, -0.1) is 0 Å². The summed E-state index contributed by atoms with van der Waals surface area (Å²) in [6, 6.07) is 10.3. The second-order valence-corrected chi connectivity index (χ2v) is 8.77. The minimum atomic E-state index is -0.628. The van der Waals surface area contributed by atoms with Crippen LogP contribution in [-0.2, 0) is 27.5 Å². The Kier molecular flexibility index (Phi) is 6.37. The number of nitrogens with one attached hydrogen (secondary N) is 2. The summed E-state index contributed by atoms with van der Waals surface area (Å²) in [4.78, 5) is 52.0. The zero-order valence-corrected chi connectivity index (χ0v) is 19.2. The Labute approximate surface area is 196 Å². The van der Waals surface area contributed by atoms with Gasteiger partial charge in [0.15, 0.2) is 0 Å². The number of fused-ring (bicyclic) bond motifs is 1. The zero-order valence-electron chi connectivity index (χ0n) is 18.5. The molecule has 4 amide bonds. The molecule has 0 spiro atoms. The van der Waals surface area contributed by atoms with Crippen LogP contribution in [0.25, 0.3) is 0 Å². The Bertz CT molecular complexity index is 1150. The predicted molar refractivity (Wildman–Crippen MR) is 124 cm³/mol. The zero-order chi connectivity index (χ0) is 23.7. The molecule has 2 aliphatic heterocycles. The largest absolute Gasteiger partial charge is 0.376 e. The van der Waals surface area contributed by atoms with Crippen molar-refractivity contribution in [3.63, 3.8) is 0 Å². The van der Waals surface area contributed by atoms with E-state index in [-0.39, 0.29) is 36.6 Å². The molecule has 1 fully saturated rings. The first kappa shape index (κ1) is 22.8. The maximum absolute atomic E-state index is 12.9. The van der Waals surface area contributed by atoms with Gasteiger partial charge in [-0.25, -0.2) is 0 Å². The molecule has 0 radical (unpaired) electrons. The molecule has 2 N–H and O–H groups in total. The van der Waals surface area contributed by atoms with Gasteiger partial charge in [-0.3, -0.25) is 24.1 Å². The second kappa shape index (κ2) is 9.23. The third kappa shape index (κ3) is 4.71. The first-order valence-electron chi connectivity index (χ1n) is 10.7. The fraction of sp³-hybridized carbons (Fsp3) is 0.333. The van der Waals surface area contributed by atoms with Crippen LogP contribution < -0.4 is 10.6 Å². The lowest BCUT2D eigenvalue weighted by Crippen LogP contribution is -2.53. The van der Waals surface area contributed by atoms with Crippen LogP contribution in [0.4, 0.5) is 5.69 Å². The SMILES string of the molecule is Cc1ccc(NCC(=O)NCc2ccc3c(c2)CN(C2CCC(=O)N(C)C2=O)C3=O)cc1Cl. The molecule has 2 aliphatic rings. The average Bonchev–Trinajstić information content (AvgIpc) is 3.12. The van der Waals surface area contributed by atoms with Gasteiger partial charge in [0.25, 0.3) is 11.8 Å². The van der Waals surface area contributed by atoms with Crippen molar-refractivity contribution >= 4 is 40.9 Å². The third-order valence-electron chi connectivity index (χ3n) is 6.11. The maximum Gasteiger partial charge on any atom is 0.255 e. The van der Waals surface area contributed by atoms with Gasteiger partial charge in [-0.2, -0.15) is 0 Å². The molecule has 0 saturated carbocycles. The molecule has 0 aliphatic carbocycles. The summed E-state index contributed by atoms with van der Waals surface area (Å²) in [6.45, 7) is 2.64. The minimum absolute atomic E-state index is 0.104. The summed E-state index contributed by atoms with van der Waals surface area (Å²) >= 11 is 6.10. The molecule has 4 rings (SSSR count). The number of halogens is 1. The van der Waals surface area contributed by atoms with Crippen molar-refractivity contribution in [1.82, 2.24) is 15.1 Å². The molecule has 33 heavy (non-hydrogen) atoms. The number of carbonyl (C=O) groups is 4. The van der Waals surface area contributed by atoms with E-state index in [0.29, 0.717) is 30.1 Å². The predicted octanol–water partition coefficient (Wildman–Crippen LogP) is 2.48. The van der Waals surface area contributed by atoms with E-state index in [2.05, 4.69) is 10.6 Å². The first-order valence-corrected chi connectivity index (χ1v) is 11.1. The number of aryl methyl sites for hydroxylation is 1. The van der Waals surface area contributed by atoms with Crippen molar-refractivity contribution in [2.45, 2.75) is 38.9 Å². The maximum atomic E-state index is 12.9. The van der Waals surface area contributed by atoms with Crippen molar-refractivity contribution < 1.29 is 19.2 Å². The fourth-order valence-electron chi connectivity index (χ4n) is 4.09. The van der Waals surface area contributed by atoms with Gasteiger partial charge >= 0.3 is 0 Å². The highest BCUT2D eigenvalue weighted by atomic mass is 35.5. The molecule has 1 saturated heterocycles. The Morgan fingerprint density at radius 2 is 1.94 bits per heavy atom. The summed E-state index contributed by atoms with van der Waals surface area (Å²) < 4.78 is 0. The van der Waals surface area contributed by atoms with Crippen LogP contribution >= 0.6 is 11.6 Å². The monoisotopic (exact) mass is 468 g/mol. The number of imide groups is 1. The molecular weight excluding hydrogens is 444 g/mol. The molecule has 2 aromatic rings. The van der Waals surface area contributed by atoms with Crippen LogP contribution in [0.3, 0.4) is 0 Å². The Hall–Kier alpha value is -3.39. The number of hydrogen-bond donors (Lipinski definition) is 2. The molecule has 1 atom stereocenters. The number of benzene rings is 2. The van der Waals surface area contributed by atoms with E-state index in [0.717, 1.165) is 27.3 Å². The quantitative estimate of drug-likeness (QED) is 0.634. The van der Waals surface area contributed by atoms with Gasteiger partial charge in [0.2, 0.25) is 11.8 Å². The molecule has 1 unspecified atom stereocenters. The number of carbonyl (C=O) groups excluding carboxylic acids is 4. The highest BCUT2D eigenvalue weighted by Gasteiger charge is 2.41. The fourth-order valence-corrected chi connectivity index (χ4v) is 4.27. The van der Waals surface area contributed by atoms with Gasteiger partial charge in [-0.1, -0.05) is 29.8 Å². The molecular formula is C24H25ClN4O4. The lowest BCUT2D eigenvalue weighted by Gasteiger charge is -2.33. The van der Waals surface area contributed by atoms with E-state index < -0.39 is 6.04 Å². The number of nitrogens with zero attached hydrogens (tertiary/aromatic N) is 2. The van der Waals surface area contributed by atoms with E-state index in [4.69, 9.17) is 11.6 Å². The van der Waals surface area contributed by atoms with E-state index in [1.807, 2.05) is 25.1 Å². The standard InChI is InChI=1S/C24H25ClN4O4/c1-14-3-5-17(10-19(14)25)26-12-21(30)27-11-15-4-6-18-16(9-15)13-29(23(18)32)20-7-8-22(31)28(2)24(20)33/h3-6,9-10,20,26H,7-8,11-13H2,1-2H3,(H,27,30). The Morgan fingerprint density at radius 1 is 1.15 bits per heavy atom. The molecule has 9 heteroatoms. The first-order chi connectivity index (χ1) is 15.7. The van der Waals surface area contributed by atoms with Crippen LogP contribution in [0.5, 0.6) is 0 Å². The van der Waals surface area contributed by atoms with Gasteiger partial charge in [0.05, 0.1) is 6.54 Å². The minimum Gasteiger partial charge on any atom is -0.376 e. The summed E-state index contributed by atoms with van der Waals surface area (Å²) in [7, 11) is 1.45. The number of rotatable bonds is 6. The van der Waals surface area contributed by atoms with Gasteiger partial charge in [-0.05, 0) is 48.2 Å². The van der Waals surface area contributed by atoms with Crippen LogP contribution in [-0.4, -0.2) is 53.1 Å². The summed E-state index contributed by atoms with van der Waals surface area (Å²) in [5.41, 5.74) is 3.95. The van der Waals surface area contributed by atoms with Gasteiger partial charge in [0, 0.05) is 42.8 Å². The number of likely N-dealkylation sites (N-methyl/N-ethyl adjacent to an activating group) is 1. The highest BCUT2D eigenvalue weighted by Crippen LogP contribution is 2.29. The molecule has 0 aromatic heterocycles.